The molecule has 0 aliphatic carbocycles. The number of amides is 1. The molecule has 11 heteroatoms. The minimum Gasteiger partial charge on any atom is -0.457 e. The monoisotopic (exact) mass is 443 g/mol. The van der Waals surface area contributed by atoms with Crippen molar-refractivity contribution in [3.63, 3.8) is 0 Å². The van der Waals surface area contributed by atoms with Crippen molar-refractivity contribution in [3.8, 4) is 11.5 Å². The number of anilines is 2. The average Bonchev–Trinajstić information content (AvgIpc) is 3.12. The summed E-state index contributed by atoms with van der Waals surface area (Å²) < 4.78 is 68.0. The summed E-state index contributed by atoms with van der Waals surface area (Å²) in [6.45, 7) is -0.0458. The second kappa shape index (κ2) is 7.71. The molecular formula is C19H20F3N3O4S. The van der Waals surface area contributed by atoms with Gasteiger partial charge in [-0.25, -0.2) is 8.42 Å². The number of hydrogen-bond acceptors (Lipinski definition) is 6. The number of alkyl halides is 3. The molecule has 7 nitrogen and oxygen atoms in total. The third-order valence-corrected chi connectivity index (χ3v) is 5.94. The first-order valence-corrected chi connectivity index (χ1v) is 10.8. The van der Waals surface area contributed by atoms with E-state index in [0.29, 0.717) is 18.4 Å². The molecule has 1 amide bonds. The van der Waals surface area contributed by atoms with E-state index in [9.17, 15) is 26.4 Å². The van der Waals surface area contributed by atoms with Crippen molar-refractivity contribution in [2.45, 2.75) is 30.0 Å². The van der Waals surface area contributed by atoms with E-state index in [2.05, 4.69) is 0 Å². The van der Waals surface area contributed by atoms with Crippen molar-refractivity contribution in [3.05, 3.63) is 42.0 Å². The molecule has 3 rings (SSSR count). The number of nitrogens with two attached hydrogens (primary N) is 2. The van der Waals surface area contributed by atoms with Gasteiger partial charge in [-0.2, -0.15) is 13.2 Å². The molecule has 1 heterocycles. The molecule has 162 valence electrons. The topological polar surface area (TPSA) is 116 Å². The van der Waals surface area contributed by atoms with Gasteiger partial charge in [0.15, 0.2) is 9.84 Å². The van der Waals surface area contributed by atoms with Gasteiger partial charge in [0.1, 0.15) is 11.5 Å². The van der Waals surface area contributed by atoms with Gasteiger partial charge in [-0.05, 0) is 43.2 Å². The third-order valence-electron chi connectivity index (χ3n) is 4.81. The lowest BCUT2D eigenvalue weighted by atomic mass is 10.0. The van der Waals surface area contributed by atoms with Gasteiger partial charge in [0.05, 0.1) is 22.3 Å². The van der Waals surface area contributed by atoms with E-state index in [1.54, 1.807) is 0 Å². The van der Waals surface area contributed by atoms with Gasteiger partial charge in [-0.1, -0.05) is 0 Å². The van der Waals surface area contributed by atoms with Crippen LogP contribution in [0.4, 0.5) is 24.5 Å². The van der Waals surface area contributed by atoms with Gasteiger partial charge in [0, 0.05) is 24.4 Å². The Morgan fingerprint density at radius 2 is 1.73 bits per heavy atom. The second-order valence-corrected chi connectivity index (χ2v) is 9.03. The molecule has 1 aliphatic rings. The second-order valence-electron chi connectivity index (χ2n) is 7.02. The number of halogens is 3. The fourth-order valence-corrected chi connectivity index (χ4v) is 3.99. The number of nitrogen functional groups attached to an aromatic ring is 2. The van der Waals surface area contributed by atoms with Crippen molar-refractivity contribution in [2.75, 3.05) is 24.3 Å². The van der Waals surface area contributed by atoms with Gasteiger partial charge in [0.25, 0.3) is 0 Å². The van der Waals surface area contributed by atoms with Crippen LogP contribution in [0.25, 0.3) is 0 Å². The summed E-state index contributed by atoms with van der Waals surface area (Å²) in [4.78, 5) is 12.7. The van der Waals surface area contributed by atoms with E-state index in [1.807, 2.05) is 0 Å². The summed E-state index contributed by atoms with van der Waals surface area (Å²) >= 11 is 0. The zero-order valence-electron chi connectivity index (χ0n) is 15.9. The van der Waals surface area contributed by atoms with E-state index in [0.717, 1.165) is 11.2 Å². The summed E-state index contributed by atoms with van der Waals surface area (Å²) in [6, 6.07) is 7.43. The van der Waals surface area contributed by atoms with E-state index in [1.165, 1.54) is 36.4 Å². The molecule has 0 bridgehead atoms. The Morgan fingerprint density at radius 3 is 2.30 bits per heavy atom. The largest absolute Gasteiger partial charge is 0.471 e. The quantitative estimate of drug-likeness (QED) is 0.701. The number of likely N-dealkylation sites (tertiary alicyclic amines) is 1. The fourth-order valence-electron chi connectivity index (χ4n) is 3.36. The van der Waals surface area contributed by atoms with Crippen LogP contribution in [0.1, 0.15) is 24.4 Å². The van der Waals surface area contributed by atoms with Crippen molar-refractivity contribution >= 4 is 27.1 Å². The number of carbonyl (C=O) groups excluding carboxylic acids is 1. The van der Waals surface area contributed by atoms with E-state index in [-0.39, 0.29) is 34.3 Å². The van der Waals surface area contributed by atoms with Crippen LogP contribution in [0.15, 0.2) is 41.3 Å². The highest BCUT2D eigenvalue weighted by Crippen LogP contribution is 2.42. The average molecular weight is 443 g/mol. The highest BCUT2D eigenvalue weighted by Gasteiger charge is 2.46. The Morgan fingerprint density at radius 1 is 1.13 bits per heavy atom. The van der Waals surface area contributed by atoms with E-state index >= 15 is 0 Å². The van der Waals surface area contributed by atoms with Crippen LogP contribution in [0.5, 0.6) is 11.5 Å². The summed E-state index contributed by atoms with van der Waals surface area (Å²) in [5, 5.41) is 0. The molecule has 1 saturated heterocycles. The zero-order chi connectivity index (χ0) is 22.3. The van der Waals surface area contributed by atoms with Crippen LogP contribution in [0.2, 0.25) is 0 Å². The number of nitrogens with zero attached hydrogens (tertiary/aromatic N) is 1. The Hall–Kier alpha value is -2.95. The lowest BCUT2D eigenvalue weighted by Crippen LogP contribution is -2.40. The maximum Gasteiger partial charge on any atom is 0.471 e. The molecule has 2 aromatic rings. The van der Waals surface area contributed by atoms with E-state index in [4.69, 9.17) is 16.2 Å². The standard InChI is InChI=1S/C19H20F3N3O4S/c1-30(27,28)12-6-4-11(5-7-12)29-17-10-15(24)14(23)9-13(17)16-3-2-8-25(16)18(26)19(20,21)22/h4-7,9-10,16H,2-3,8,23-24H2,1H3. The van der Waals surface area contributed by atoms with Crippen molar-refractivity contribution in [2.24, 2.45) is 0 Å². The first-order valence-electron chi connectivity index (χ1n) is 8.92. The van der Waals surface area contributed by atoms with Crippen molar-refractivity contribution < 1.29 is 31.1 Å². The predicted molar refractivity (Wildman–Crippen MR) is 105 cm³/mol. The Labute approximate surface area is 171 Å². The molecule has 2 aromatic carbocycles. The zero-order valence-corrected chi connectivity index (χ0v) is 16.8. The van der Waals surface area contributed by atoms with Crippen LogP contribution in [0.3, 0.4) is 0 Å². The normalized spacial score (nSPS) is 17.2. The number of carbonyl (C=O) groups is 1. The smallest absolute Gasteiger partial charge is 0.457 e. The van der Waals surface area contributed by atoms with Crippen molar-refractivity contribution in [1.29, 1.82) is 0 Å². The van der Waals surface area contributed by atoms with Gasteiger partial charge < -0.3 is 21.1 Å². The minimum atomic E-state index is -5.00. The number of benzene rings is 2. The summed E-state index contributed by atoms with van der Waals surface area (Å²) in [7, 11) is -3.40. The first kappa shape index (κ1) is 21.8. The third kappa shape index (κ3) is 4.45. The molecule has 0 radical (unpaired) electrons. The predicted octanol–water partition coefficient (Wildman–Crippen LogP) is 3.27. The lowest BCUT2D eigenvalue weighted by Gasteiger charge is -2.27. The SMILES string of the molecule is CS(=O)(=O)c1ccc(Oc2cc(N)c(N)cc2C2CCCN2C(=O)C(F)(F)F)cc1. The molecule has 30 heavy (non-hydrogen) atoms. The first-order chi connectivity index (χ1) is 13.9. The van der Waals surface area contributed by atoms with Crippen LogP contribution in [0, 0.1) is 0 Å². The van der Waals surface area contributed by atoms with Crippen LogP contribution in [-0.4, -0.2) is 38.2 Å². The molecule has 1 atom stereocenters. The van der Waals surface area contributed by atoms with Gasteiger partial charge >= 0.3 is 12.1 Å². The van der Waals surface area contributed by atoms with Crippen LogP contribution < -0.4 is 16.2 Å². The molecule has 1 aliphatic heterocycles. The van der Waals surface area contributed by atoms with E-state index < -0.39 is 28.0 Å². The summed E-state index contributed by atoms with van der Waals surface area (Å²) in [5.74, 6) is -1.54. The molecule has 1 fully saturated rings. The maximum atomic E-state index is 13.0. The van der Waals surface area contributed by atoms with Gasteiger partial charge in [-0.15, -0.1) is 0 Å². The molecular weight excluding hydrogens is 423 g/mol. The molecule has 1 unspecified atom stereocenters. The minimum absolute atomic E-state index is 0.0458. The fraction of sp³-hybridized carbons (Fsp3) is 0.316. The van der Waals surface area contributed by atoms with Gasteiger partial charge in [-0.3, -0.25) is 4.79 Å². The molecule has 0 saturated carbocycles. The molecule has 0 spiro atoms. The van der Waals surface area contributed by atoms with Crippen LogP contribution >= 0.6 is 0 Å². The number of ether oxygens (including phenoxy) is 1. The summed E-state index contributed by atoms with van der Waals surface area (Å²) in [6.07, 6.45) is -3.24. The number of hydrogen-bond donors (Lipinski definition) is 2. The Bertz CT molecular complexity index is 1070. The van der Waals surface area contributed by atoms with Gasteiger partial charge in [0.2, 0.25) is 0 Å². The Balaban J connectivity index is 1.98. The lowest BCUT2D eigenvalue weighted by molar-refractivity contribution is -0.186. The number of rotatable bonds is 4. The van der Waals surface area contributed by atoms with Crippen LogP contribution in [-0.2, 0) is 14.6 Å². The summed E-state index contributed by atoms with van der Waals surface area (Å²) in [5.41, 5.74) is 12.3. The Kier molecular flexibility index (Phi) is 5.59. The maximum absolute atomic E-state index is 13.0. The molecule has 0 aromatic heterocycles. The molecule has 4 N–H and O–H groups in total. The highest BCUT2D eigenvalue weighted by atomic mass is 32.2. The number of sulfone groups is 1. The highest BCUT2D eigenvalue weighted by molar-refractivity contribution is 7.90. The van der Waals surface area contributed by atoms with Crippen molar-refractivity contribution in [1.82, 2.24) is 4.90 Å².